The number of anilines is 1. The summed E-state index contributed by atoms with van der Waals surface area (Å²) in [6.07, 6.45) is -4.50. The Morgan fingerprint density at radius 2 is 1.18 bits per heavy atom. The van der Waals surface area contributed by atoms with Gasteiger partial charge in [-0.2, -0.15) is 13.2 Å². The molecule has 1 aliphatic rings. The second-order valence-electron chi connectivity index (χ2n) is 9.68. The van der Waals surface area contributed by atoms with Crippen LogP contribution in [-0.2, 0) is 6.18 Å². The van der Waals surface area contributed by atoms with E-state index in [1.807, 2.05) is 36.4 Å². The summed E-state index contributed by atoms with van der Waals surface area (Å²) in [5.74, 6) is 0.758. The fraction of sp³-hybridized carbons (Fsp3) is 0.188. The Labute approximate surface area is 225 Å². The van der Waals surface area contributed by atoms with Gasteiger partial charge in [0, 0.05) is 37.1 Å². The predicted molar refractivity (Wildman–Crippen MR) is 148 cm³/mol. The number of para-hydroxylation sites is 1. The van der Waals surface area contributed by atoms with E-state index in [0.717, 1.165) is 24.5 Å². The first kappa shape index (κ1) is 25.1. The van der Waals surface area contributed by atoms with Crippen molar-refractivity contribution in [3.63, 3.8) is 0 Å². The Hall–Kier alpha value is -4.23. The van der Waals surface area contributed by atoms with E-state index < -0.39 is 11.7 Å². The molecule has 4 aromatic carbocycles. The van der Waals surface area contributed by atoms with E-state index in [1.165, 1.54) is 23.3 Å². The minimum absolute atomic E-state index is 0.0103. The zero-order valence-electron chi connectivity index (χ0n) is 21.2. The highest BCUT2D eigenvalue weighted by Crippen LogP contribution is 2.38. The zero-order chi connectivity index (χ0) is 26.8. The summed E-state index contributed by atoms with van der Waals surface area (Å²) in [5.41, 5.74) is 2.35. The molecule has 39 heavy (non-hydrogen) atoms. The number of hydrogen-bond acceptors (Lipinski definition) is 4. The minimum Gasteiger partial charge on any atom is -0.353 e. The Morgan fingerprint density at radius 3 is 1.82 bits per heavy atom. The predicted octanol–water partition coefficient (Wildman–Crippen LogP) is 7.23. The number of piperazine rings is 1. The Kier molecular flexibility index (Phi) is 6.75. The number of hydrogen-bond donors (Lipinski definition) is 0. The molecule has 4 nitrogen and oxygen atoms in total. The number of benzene rings is 4. The lowest BCUT2D eigenvalue weighted by molar-refractivity contribution is -0.137. The molecule has 0 N–H and O–H groups in total. The molecule has 0 radical (unpaired) electrons. The van der Waals surface area contributed by atoms with Gasteiger partial charge >= 0.3 is 6.18 Å². The molecule has 0 bridgehead atoms. The molecule has 1 aromatic heterocycles. The standard InChI is InChI=1S/C32H27F3N4/c33-32(34,35)27-17-9-7-15-25(27)30-36-28-18-10-8-16-26(28)31(37-30)39-21-19-38(20-22-39)29(23-11-3-1-4-12-23)24-13-5-2-6-14-24/h1-18,29H,19-22H2. The van der Waals surface area contributed by atoms with Crippen LogP contribution in [0.25, 0.3) is 22.3 Å². The number of fused-ring (bicyclic) bond motifs is 1. The number of rotatable bonds is 5. The molecule has 0 unspecified atom stereocenters. The van der Waals surface area contributed by atoms with E-state index in [2.05, 4.69) is 63.3 Å². The highest BCUT2D eigenvalue weighted by Gasteiger charge is 2.34. The molecule has 7 heteroatoms. The smallest absolute Gasteiger partial charge is 0.353 e. The third-order valence-corrected chi connectivity index (χ3v) is 7.27. The van der Waals surface area contributed by atoms with Crippen LogP contribution < -0.4 is 4.90 Å². The Bertz CT molecular complexity index is 1520. The van der Waals surface area contributed by atoms with E-state index >= 15 is 0 Å². The van der Waals surface area contributed by atoms with Crippen LogP contribution in [0, 0.1) is 0 Å². The van der Waals surface area contributed by atoms with Crippen molar-refractivity contribution in [2.45, 2.75) is 12.2 Å². The zero-order valence-corrected chi connectivity index (χ0v) is 21.2. The summed E-state index contributed by atoms with van der Waals surface area (Å²) in [6, 6.07) is 34.1. The van der Waals surface area contributed by atoms with Crippen LogP contribution in [0.5, 0.6) is 0 Å². The molecule has 1 aliphatic heterocycles. The lowest BCUT2D eigenvalue weighted by atomic mass is 9.96. The number of aromatic nitrogens is 2. The Morgan fingerprint density at radius 1 is 0.615 bits per heavy atom. The first-order valence-corrected chi connectivity index (χ1v) is 13.0. The van der Waals surface area contributed by atoms with Crippen LogP contribution in [-0.4, -0.2) is 41.0 Å². The van der Waals surface area contributed by atoms with Gasteiger partial charge in [0.25, 0.3) is 0 Å². The summed E-state index contributed by atoms with van der Waals surface area (Å²) in [5, 5.41) is 0.835. The van der Waals surface area contributed by atoms with Gasteiger partial charge in [-0.15, -0.1) is 0 Å². The van der Waals surface area contributed by atoms with Gasteiger partial charge in [-0.3, -0.25) is 4.90 Å². The molecule has 1 saturated heterocycles. The lowest BCUT2D eigenvalue weighted by Crippen LogP contribution is -2.48. The number of alkyl halides is 3. The fourth-order valence-electron chi connectivity index (χ4n) is 5.42. The maximum absolute atomic E-state index is 13.8. The highest BCUT2D eigenvalue weighted by atomic mass is 19.4. The molecule has 6 rings (SSSR count). The molecule has 0 saturated carbocycles. The molecular formula is C32H27F3N4. The summed E-state index contributed by atoms with van der Waals surface area (Å²) in [7, 11) is 0. The van der Waals surface area contributed by atoms with Gasteiger partial charge in [0.1, 0.15) is 5.82 Å². The van der Waals surface area contributed by atoms with Crippen LogP contribution >= 0.6 is 0 Å². The summed E-state index contributed by atoms with van der Waals surface area (Å²) >= 11 is 0. The minimum atomic E-state index is -4.50. The van der Waals surface area contributed by atoms with Gasteiger partial charge in [0.15, 0.2) is 5.82 Å². The van der Waals surface area contributed by atoms with Crippen LogP contribution in [0.2, 0.25) is 0 Å². The van der Waals surface area contributed by atoms with Gasteiger partial charge in [0.2, 0.25) is 0 Å². The van der Waals surface area contributed by atoms with Gasteiger partial charge < -0.3 is 4.90 Å². The summed E-state index contributed by atoms with van der Waals surface area (Å²) in [4.78, 5) is 13.9. The summed E-state index contributed by atoms with van der Waals surface area (Å²) < 4.78 is 41.5. The number of nitrogens with zero attached hydrogens (tertiary/aromatic N) is 4. The monoisotopic (exact) mass is 524 g/mol. The van der Waals surface area contributed by atoms with Crippen molar-refractivity contribution in [1.29, 1.82) is 0 Å². The number of halogens is 3. The van der Waals surface area contributed by atoms with Crippen molar-refractivity contribution in [3.05, 3.63) is 126 Å². The van der Waals surface area contributed by atoms with Crippen LogP contribution in [0.4, 0.5) is 19.0 Å². The van der Waals surface area contributed by atoms with Gasteiger partial charge in [0.05, 0.1) is 17.1 Å². The molecule has 196 valence electrons. The third kappa shape index (κ3) is 5.10. The molecule has 0 atom stereocenters. The average molecular weight is 525 g/mol. The first-order valence-electron chi connectivity index (χ1n) is 13.0. The van der Waals surface area contributed by atoms with Crippen molar-refractivity contribution in [3.8, 4) is 11.4 Å². The van der Waals surface area contributed by atoms with Crippen molar-refractivity contribution in [1.82, 2.24) is 14.9 Å². The first-order chi connectivity index (χ1) is 19.0. The largest absolute Gasteiger partial charge is 0.417 e. The van der Waals surface area contributed by atoms with Gasteiger partial charge in [-0.05, 0) is 29.3 Å². The van der Waals surface area contributed by atoms with Crippen LogP contribution in [0.15, 0.2) is 109 Å². The maximum Gasteiger partial charge on any atom is 0.417 e. The average Bonchev–Trinajstić information content (AvgIpc) is 2.98. The van der Waals surface area contributed by atoms with Crippen molar-refractivity contribution < 1.29 is 13.2 Å². The molecule has 2 heterocycles. The third-order valence-electron chi connectivity index (χ3n) is 7.27. The molecule has 1 fully saturated rings. The normalized spacial score (nSPS) is 14.7. The SMILES string of the molecule is FC(F)(F)c1ccccc1-c1nc(N2CCN(C(c3ccccc3)c3ccccc3)CC2)c2ccccc2n1. The molecule has 0 aliphatic carbocycles. The second-order valence-corrected chi connectivity index (χ2v) is 9.68. The van der Waals surface area contributed by atoms with E-state index in [0.29, 0.717) is 24.4 Å². The van der Waals surface area contributed by atoms with E-state index in [9.17, 15) is 13.2 Å². The highest BCUT2D eigenvalue weighted by molar-refractivity contribution is 5.91. The van der Waals surface area contributed by atoms with Crippen molar-refractivity contribution in [2.24, 2.45) is 0 Å². The van der Waals surface area contributed by atoms with Crippen molar-refractivity contribution >= 4 is 16.7 Å². The van der Waals surface area contributed by atoms with E-state index in [1.54, 1.807) is 6.07 Å². The molecule has 0 spiro atoms. The van der Waals surface area contributed by atoms with Crippen LogP contribution in [0.1, 0.15) is 22.7 Å². The Balaban J connectivity index is 1.34. The molecular weight excluding hydrogens is 497 g/mol. The second kappa shape index (κ2) is 10.5. The fourth-order valence-corrected chi connectivity index (χ4v) is 5.42. The molecule has 0 amide bonds. The quantitative estimate of drug-likeness (QED) is 0.243. The maximum atomic E-state index is 13.8. The van der Waals surface area contributed by atoms with E-state index in [-0.39, 0.29) is 17.4 Å². The summed E-state index contributed by atoms with van der Waals surface area (Å²) in [6.45, 7) is 2.94. The molecule has 5 aromatic rings. The van der Waals surface area contributed by atoms with E-state index in [4.69, 9.17) is 4.98 Å². The van der Waals surface area contributed by atoms with Gasteiger partial charge in [-0.1, -0.05) is 91.0 Å². The van der Waals surface area contributed by atoms with Crippen molar-refractivity contribution in [2.75, 3.05) is 31.1 Å². The van der Waals surface area contributed by atoms with Gasteiger partial charge in [-0.25, -0.2) is 9.97 Å². The lowest BCUT2D eigenvalue weighted by Gasteiger charge is -2.40. The topological polar surface area (TPSA) is 32.3 Å². The van der Waals surface area contributed by atoms with Crippen LogP contribution in [0.3, 0.4) is 0 Å².